The Kier molecular flexibility index (Phi) is 6.43. The average Bonchev–Trinajstić information content (AvgIpc) is 2.67. The van der Waals surface area contributed by atoms with Crippen LogP contribution in [0.5, 0.6) is 11.5 Å². The van der Waals surface area contributed by atoms with E-state index in [-0.39, 0.29) is 0 Å². The van der Waals surface area contributed by atoms with Crippen LogP contribution in [0.25, 0.3) is 0 Å². The number of nitrogen functional groups attached to an aromatic ring is 2. The molecule has 0 amide bonds. The summed E-state index contributed by atoms with van der Waals surface area (Å²) in [5.74, 6) is 2.47. The number of rotatable bonds is 9. The number of aromatic nitrogens is 2. The molecule has 0 fully saturated rings. The number of nitrogens with one attached hydrogen (secondary N) is 1. The van der Waals surface area contributed by atoms with Crippen LogP contribution in [0.1, 0.15) is 11.4 Å². The van der Waals surface area contributed by atoms with Crippen molar-refractivity contribution in [3.05, 3.63) is 72.1 Å². The molecule has 0 saturated heterocycles. The zero-order valence-corrected chi connectivity index (χ0v) is 15.0. The molecule has 0 radical (unpaired) electrons. The van der Waals surface area contributed by atoms with Gasteiger partial charge < -0.3 is 26.3 Å². The largest absolute Gasteiger partial charge is 0.492 e. The maximum atomic E-state index is 5.76. The molecule has 0 spiro atoms. The summed E-state index contributed by atoms with van der Waals surface area (Å²) in [5, 5.41) is 3.27. The fourth-order valence-corrected chi connectivity index (χ4v) is 2.44. The Morgan fingerprint density at radius 2 is 1.41 bits per heavy atom. The van der Waals surface area contributed by atoms with Gasteiger partial charge in [-0.05, 0) is 36.4 Å². The van der Waals surface area contributed by atoms with E-state index in [9.17, 15) is 0 Å². The van der Waals surface area contributed by atoms with Crippen molar-refractivity contribution in [3.8, 4) is 11.5 Å². The number of hydrogen-bond acceptors (Lipinski definition) is 7. The van der Waals surface area contributed by atoms with Gasteiger partial charge in [0.15, 0.2) is 0 Å². The van der Waals surface area contributed by atoms with Gasteiger partial charge in [0.1, 0.15) is 36.3 Å². The number of nitrogens with zero attached hydrogens (tertiary/aromatic N) is 2. The average molecular weight is 365 g/mol. The lowest BCUT2D eigenvalue weighted by Gasteiger charge is -2.10. The van der Waals surface area contributed by atoms with Gasteiger partial charge in [-0.2, -0.15) is 0 Å². The summed E-state index contributed by atoms with van der Waals surface area (Å²) in [6.07, 6.45) is 0. The number of benzene rings is 1. The zero-order valence-electron chi connectivity index (χ0n) is 15.0. The molecule has 3 rings (SSSR count). The molecular weight excluding hydrogens is 342 g/mol. The third-order valence-electron chi connectivity index (χ3n) is 3.70. The fourth-order valence-electron chi connectivity index (χ4n) is 2.44. The molecule has 0 aliphatic heterocycles. The molecule has 7 nitrogen and oxygen atoms in total. The van der Waals surface area contributed by atoms with Crippen LogP contribution >= 0.6 is 0 Å². The van der Waals surface area contributed by atoms with Crippen LogP contribution in [0, 0.1) is 0 Å². The second-order valence-corrected chi connectivity index (χ2v) is 5.90. The number of pyridine rings is 2. The van der Waals surface area contributed by atoms with Crippen LogP contribution in [0.2, 0.25) is 0 Å². The lowest BCUT2D eigenvalue weighted by atomic mass is 10.3. The summed E-state index contributed by atoms with van der Waals surface area (Å²) in [4.78, 5) is 8.45. The summed E-state index contributed by atoms with van der Waals surface area (Å²) >= 11 is 0. The third kappa shape index (κ3) is 6.16. The van der Waals surface area contributed by atoms with Crippen molar-refractivity contribution in [1.82, 2.24) is 15.3 Å². The highest BCUT2D eigenvalue weighted by Crippen LogP contribution is 2.20. The summed E-state index contributed by atoms with van der Waals surface area (Å²) in [6, 6.07) is 18.6. The van der Waals surface area contributed by atoms with Crippen LogP contribution in [0.15, 0.2) is 60.7 Å². The van der Waals surface area contributed by atoms with Gasteiger partial charge in [0.05, 0.1) is 11.4 Å². The number of anilines is 2. The fraction of sp³-hybridized carbons (Fsp3) is 0.200. The monoisotopic (exact) mass is 365 g/mol. The van der Waals surface area contributed by atoms with E-state index in [1.165, 1.54) is 0 Å². The van der Waals surface area contributed by atoms with Gasteiger partial charge in [0.25, 0.3) is 0 Å². The van der Waals surface area contributed by atoms with Crippen molar-refractivity contribution in [2.75, 3.05) is 24.6 Å². The van der Waals surface area contributed by atoms with E-state index in [0.717, 1.165) is 17.1 Å². The minimum Gasteiger partial charge on any atom is -0.492 e. The van der Waals surface area contributed by atoms with E-state index in [4.69, 9.17) is 20.9 Å². The first-order valence-corrected chi connectivity index (χ1v) is 8.68. The molecular formula is C20H23N5O2. The Hall–Kier alpha value is -3.32. The zero-order chi connectivity index (χ0) is 18.9. The van der Waals surface area contributed by atoms with E-state index in [2.05, 4.69) is 15.3 Å². The van der Waals surface area contributed by atoms with Crippen LogP contribution in [0.4, 0.5) is 11.6 Å². The molecule has 3 aromatic rings. The molecule has 0 unspecified atom stereocenters. The molecule has 2 heterocycles. The Bertz CT molecular complexity index is 872. The maximum absolute atomic E-state index is 5.76. The lowest BCUT2D eigenvalue weighted by molar-refractivity contribution is 0.291. The van der Waals surface area contributed by atoms with Gasteiger partial charge >= 0.3 is 0 Å². The van der Waals surface area contributed by atoms with Gasteiger partial charge in [-0.3, -0.25) is 0 Å². The van der Waals surface area contributed by atoms with Gasteiger partial charge in [0.2, 0.25) is 0 Å². The Balaban J connectivity index is 1.41. The van der Waals surface area contributed by atoms with Gasteiger partial charge in [0, 0.05) is 19.2 Å². The first-order valence-electron chi connectivity index (χ1n) is 8.68. The Morgan fingerprint density at radius 1 is 0.778 bits per heavy atom. The molecule has 7 heteroatoms. The highest BCUT2D eigenvalue weighted by Gasteiger charge is 2.01. The van der Waals surface area contributed by atoms with Crippen molar-refractivity contribution in [1.29, 1.82) is 0 Å². The number of ether oxygens (including phenoxy) is 2. The predicted octanol–water partition coefficient (Wildman–Crippen LogP) is 2.39. The summed E-state index contributed by atoms with van der Waals surface area (Å²) < 4.78 is 11.5. The van der Waals surface area contributed by atoms with E-state index < -0.39 is 0 Å². The lowest BCUT2D eigenvalue weighted by Crippen LogP contribution is -2.21. The topological polar surface area (TPSA) is 108 Å². The van der Waals surface area contributed by atoms with E-state index in [0.29, 0.717) is 43.7 Å². The highest BCUT2D eigenvalue weighted by molar-refractivity contribution is 5.33. The highest BCUT2D eigenvalue weighted by atomic mass is 16.5. The van der Waals surface area contributed by atoms with Crippen molar-refractivity contribution < 1.29 is 9.47 Å². The standard InChI is InChI=1S/C20H23N5O2/c21-19-8-1-4-15(24-19)13-23-10-11-26-17-6-3-7-18(12-17)27-14-16-5-2-9-20(22)25-16/h1-9,12,23H,10-11,13-14H2,(H2,21,24)(H2,22,25). The first-order chi connectivity index (χ1) is 13.2. The van der Waals surface area contributed by atoms with E-state index >= 15 is 0 Å². The molecule has 1 aromatic carbocycles. The Morgan fingerprint density at radius 3 is 2.15 bits per heavy atom. The first kappa shape index (κ1) is 18.5. The number of nitrogens with two attached hydrogens (primary N) is 2. The van der Waals surface area contributed by atoms with Crippen LogP contribution in [-0.4, -0.2) is 23.1 Å². The molecule has 0 saturated carbocycles. The van der Waals surface area contributed by atoms with Crippen LogP contribution in [0.3, 0.4) is 0 Å². The van der Waals surface area contributed by atoms with Crippen molar-refractivity contribution in [2.24, 2.45) is 0 Å². The second kappa shape index (κ2) is 9.40. The normalized spacial score (nSPS) is 10.5. The minimum absolute atomic E-state index is 0.350. The smallest absolute Gasteiger partial charge is 0.130 e. The molecule has 0 atom stereocenters. The third-order valence-corrected chi connectivity index (χ3v) is 3.70. The maximum Gasteiger partial charge on any atom is 0.130 e. The predicted molar refractivity (Wildman–Crippen MR) is 105 cm³/mol. The van der Waals surface area contributed by atoms with Gasteiger partial charge in [-0.15, -0.1) is 0 Å². The molecule has 2 aromatic heterocycles. The van der Waals surface area contributed by atoms with E-state index in [1.807, 2.05) is 48.5 Å². The SMILES string of the molecule is Nc1cccc(CNCCOc2cccc(OCc3cccc(N)n3)c2)n1. The van der Waals surface area contributed by atoms with Gasteiger partial charge in [-0.25, -0.2) is 9.97 Å². The molecule has 27 heavy (non-hydrogen) atoms. The van der Waals surface area contributed by atoms with Crippen molar-refractivity contribution >= 4 is 11.6 Å². The number of hydrogen-bond donors (Lipinski definition) is 3. The molecule has 5 N–H and O–H groups in total. The van der Waals surface area contributed by atoms with Crippen molar-refractivity contribution in [2.45, 2.75) is 13.2 Å². The summed E-state index contributed by atoms with van der Waals surface area (Å²) in [6.45, 7) is 2.21. The summed E-state index contributed by atoms with van der Waals surface area (Å²) in [7, 11) is 0. The molecule has 0 aliphatic rings. The summed E-state index contributed by atoms with van der Waals surface area (Å²) in [5.41, 5.74) is 13.0. The molecule has 0 bridgehead atoms. The molecule has 140 valence electrons. The second-order valence-electron chi connectivity index (χ2n) is 5.90. The molecule has 0 aliphatic carbocycles. The van der Waals surface area contributed by atoms with Crippen molar-refractivity contribution in [3.63, 3.8) is 0 Å². The van der Waals surface area contributed by atoms with Gasteiger partial charge in [-0.1, -0.05) is 18.2 Å². The quantitative estimate of drug-likeness (QED) is 0.500. The Labute approximate surface area is 158 Å². The van der Waals surface area contributed by atoms with E-state index in [1.54, 1.807) is 12.1 Å². The van der Waals surface area contributed by atoms with Crippen LogP contribution in [-0.2, 0) is 13.2 Å². The van der Waals surface area contributed by atoms with Crippen LogP contribution < -0.4 is 26.3 Å². The minimum atomic E-state index is 0.350.